The van der Waals surface area contributed by atoms with Crippen LogP contribution in [0.1, 0.15) is 190 Å². The molecule has 0 aliphatic heterocycles. The number of unbranched alkanes of at least 4 members (excludes halogenated alkanes) is 9. The molecule has 5 fully saturated rings. The minimum absolute atomic E-state index is 0.146. The van der Waals surface area contributed by atoms with E-state index in [2.05, 4.69) is 55.4 Å². The maximum absolute atomic E-state index is 14.3. The van der Waals surface area contributed by atoms with Crippen molar-refractivity contribution >= 4 is 11.8 Å². The predicted molar refractivity (Wildman–Crippen MR) is 187 cm³/mol. The lowest BCUT2D eigenvalue weighted by Crippen LogP contribution is -2.69. The Morgan fingerprint density at radius 1 is 0.667 bits per heavy atom. The monoisotopic (exact) mass is 625 g/mol. The summed E-state index contributed by atoms with van der Waals surface area (Å²) in [5.74, 6) is 2.57. The predicted octanol–water partition coefficient (Wildman–Crippen LogP) is 11.9. The Morgan fingerprint density at radius 2 is 1.24 bits per heavy atom. The van der Waals surface area contributed by atoms with Crippen LogP contribution in [0.15, 0.2) is 0 Å². The van der Waals surface area contributed by atoms with E-state index in [-0.39, 0.29) is 44.4 Å². The summed E-state index contributed by atoms with van der Waals surface area (Å²) in [6.45, 7) is 20.5. The quantitative estimate of drug-likeness (QED) is 0.160. The lowest BCUT2D eigenvalue weighted by molar-refractivity contribution is -0.260. The third kappa shape index (κ3) is 6.02. The molecule has 3 nitrogen and oxygen atoms in total. The molecule has 0 radical (unpaired) electrons. The standard InChI is InChI=1S/C42H72O3/c1-9-10-11-12-13-14-15-16-17-18-29-45-36(44)42-27-23-37(3,4)30-35(42)41(8)25-24-39(6)33-20-19-32(43)31(2)38(33,5)22-21-34(39)40(41,7)26-28-42/h31,33-35H,9-30H2,1-8H3. The minimum Gasteiger partial charge on any atom is -0.465 e. The van der Waals surface area contributed by atoms with E-state index in [4.69, 9.17) is 4.74 Å². The van der Waals surface area contributed by atoms with Gasteiger partial charge in [-0.1, -0.05) is 113 Å². The van der Waals surface area contributed by atoms with Crippen LogP contribution < -0.4 is 0 Å². The van der Waals surface area contributed by atoms with Crippen molar-refractivity contribution < 1.29 is 14.3 Å². The fraction of sp³-hybridized carbons (Fsp3) is 0.952. The zero-order valence-corrected chi connectivity index (χ0v) is 31.1. The first-order valence-electron chi connectivity index (χ1n) is 19.9. The van der Waals surface area contributed by atoms with Gasteiger partial charge in [-0.05, 0) is 115 Å². The van der Waals surface area contributed by atoms with Crippen molar-refractivity contribution in [1.29, 1.82) is 0 Å². The van der Waals surface area contributed by atoms with Gasteiger partial charge in [0.15, 0.2) is 0 Å². The Labute approximate surface area is 278 Å². The number of carbonyl (C=O) groups is 2. The summed E-state index contributed by atoms with van der Waals surface area (Å²) in [5, 5.41) is 0. The van der Waals surface area contributed by atoms with Crippen molar-refractivity contribution in [3.05, 3.63) is 0 Å². The first-order valence-corrected chi connectivity index (χ1v) is 19.9. The van der Waals surface area contributed by atoms with Gasteiger partial charge in [0.05, 0.1) is 12.0 Å². The lowest BCUT2D eigenvalue weighted by atomic mass is 9.30. The second-order valence-corrected chi connectivity index (χ2v) is 19.1. The van der Waals surface area contributed by atoms with E-state index in [0.717, 1.165) is 51.4 Å². The molecule has 5 rings (SSSR count). The molecule has 5 aliphatic carbocycles. The zero-order chi connectivity index (χ0) is 32.7. The fourth-order valence-electron chi connectivity index (χ4n) is 13.1. The van der Waals surface area contributed by atoms with Crippen molar-refractivity contribution in [1.82, 2.24) is 0 Å². The molecule has 0 aromatic rings. The van der Waals surface area contributed by atoms with Crippen LogP contribution in [0.4, 0.5) is 0 Å². The Bertz CT molecular complexity index is 1060. The van der Waals surface area contributed by atoms with Crippen LogP contribution in [0.2, 0.25) is 0 Å². The smallest absolute Gasteiger partial charge is 0.312 e. The highest BCUT2D eigenvalue weighted by atomic mass is 16.5. The molecule has 0 aromatic carbocycles. The van der Waals surface area contributed by atoms with Gasteiger partial charge < -0.3 is 4.74 Å². The molecule has 5 aliphatic rings. The van der Waals surface area contributed by atoms with Gasteiger partial charge in [0.25, 0.3) is 0 Å². The topological polar surface area (TPSA) is 43.4 Å². The Balaban J connectivity index is 1.27. The number of Topliss-reactive ketones (excluding diaryl/α,β-unsaturated/α-hetero) is 1. The SMILES string of the molecule is CCCCCCCCCCCCOC(=O)C12CCC(C)(C)CC1C1(C)CCC3(C)C4CCC(=O)C(C)C4(C)CCC3C1(C)CC2. The maximum atomic E-state index is 14.3. The molecule has 45 heavy (non-hydrogen) atoms. The van der Waals surface area contributed by atoms with Crippen LogP contribution in [-0.4, -0.2) is 18.4 Å². The summed E-state index contributed by atoms with van der Waals surface area (Å²) >= 11 is 0. The Kier molecular flexibility index (Phi) is 10.4. The molecule has 3 heteroatoms. The summed E-state index contributed by atoms with van der Waals surface area (Å²) in [5.41, 5.74) is 0.782. The first-order chi connectivity index (χ1) is 21.2. The van der Waals surface area contributed by atoms with Gasteiger partial charge in [-0.25, -0.2) is 0 Å². The molecule has 0 saturated heterocycles. The molecule has 9 atom stereocenters. The third-order valence-corrected chi connectivity index (χ3v) is 16.4. The van der Waals surface area contributed by atoms with Gasteiger partial charge >= 0.3 is 5.97 Å². The Hall–Kier alpha value is -0.860. The molecule has 0 heterocycles. The Morgan fingerprint density at radius 3 is 1.91 bits per heavy atom. The number of esters is 1. The van der Waals surface area contributed by atoms with E-state index in [0.29, 0.717) is 30.1 Å². The highest BCUT2D eigenvalue weighted by Crippen LogP contribution is 2.78. The number of ether oxygens (including phenoxy) is 1. The lowest BCUT2D eigenvalue weighted by Gasteiger charge is -2.74. The summed E-state index contributed by atoms with van der Waals surface area (Å²) < 4.78 is 6.30. The van der Waals surface area contributed by atoms with Gasteiger partial charge in [-0.2, -0.15) is 0 Å². The van der Waals surface area contributed by atoms with Gasteiger partial charge in [0.2, 0.25) is 0 Å². The molecule has 0 amide bonds. The average Bonchev–Trinajstić information content (AvgIpc) is 2.99. The van der Waals surface area contributed by atoms with Gasteiger partial charge in [-0.3, -0.25) is 9.59 Å². The molecule has 9 unspecified atom stereocenters. The van der Waals surface area contributed by atoms with E-state index < -0.39 is 0 Å². The number of hydrogen-bond donors (Lipinski definition) is 0. The van der Waals surface area contributed by atoms with Crippen molar-refractivity contribution in [3.63, 3.8) is 0 Å². The minimum atomic E-state index is -0.301. The summed E-state index contributed by atoms with van der Waals surface area (Å²) in [6, 6.07) is 0. The van der Waals surface area contributed by atoms with E-state index in [1.165, 1.54) is 83.5 Å². The van der Waals surface area contributed by atoms with Crippen molar-refractivity contribution in [2.45, 2.75) is 190 Å². The summed E-state index contributed by atoms with van der Waals surface area (Å²) in [4.78, 5) is 27.3. The van der Waals surface area contributed by atoms with Crippen LogP contribution in [0.3, 0.4) is 0 Å². The van der Waals surface area contributed by atoms with Crippen LogP contribution in [0, 0.1) is 56.2 Å². The van der Waals surface area contributed by atoms with Gasteiger partial charge in [-0.15, -0.1) is 0 Å². The second kappa shape index (κ2) is 13.2. The second-order valence-electron chi connectivity index (χ2n) is 19.1. The zero-order valence-electron chi connectivity index (χ0n) is 31.1. The van der Waals surface area contributed by atoms with Crippen LogP contribution >= 0.6 is 0 Å². The average molecular weight is 625 g/mol. The fourth-order valence-corrected chi connectivity index (χ4v) is 13.1. The molecule has 0 bridgehead atoms. The third-order valence-electron chi connectivity index (χ3n) is 16.4. The van der Waals surface area contributed by atoms with E-state index >= 15 is 0 Å². The highest BCUT2D eigenvalue weighted by Gasteiger charge is 2.72. The first kappa shape index (κ1) is 35.4. The van der Waals surface area contributed by atoms with E-state index in [1.54, 1.807) is 0 Å². The number of ketones is 1. The van der Waals surface area contributed by atoms with Gasteiger partial charge in [0.1, 0.15) is 5.78 Å². The van der Waals surface area contributed by atoms with Crippen molar-refractivity contribution in [2.75, 3.05) is 6.61 Å². The van der Waals surface area contributed by atoms with Crippen LogP contribution in [0.5, 0.6) is 0 Å². The number of hydrogen-bond acceptors (Lipinski definition) is 3. The van der Waals surface area contributed by atoms with E-state index in [1.807, 2.05) is 0 Å². The summed E-state index contributed by atoms with van der Waals surface area (Å²) in [6.07, 6.45) is 25.3. The largest absolute Gasteiger partial charge is 0.465 e. The van der Waals surface area contributed by atoms with Crippen molar-refractivity contribution in [2.24, 2.45) is 56.2 Å². The highest BCUT2D eigenvalue weighted by molar-refractivity contribution is 5.82. The molecule has 0 spiro atoms. The number of rotatable bonds is 12. The molecule has 0 N–H and O–H groups in total. The van der Waals surface area contributed by atoms with E-state index in [9.17, 15) is 9.59 Å². The van der Waals surface area contributed by atoms with Gasteiger partial charge in [0, 0.05) is 12.3 Å². The van der Waals surface area contributed by atoms with Crippen LogP contribution in [0.25, 0.3) is 0 Å². The molecular weight excluding hydrogens is 552 g/mol. The van der Waals surface area contributed by atoms with Crippen molar-refractivity contribution in [3.8, 4) is 0 Å². The normalized spacial score (nSPS) is 43.9. The van der Waals surface area contributed by atoms with Crippen LogP contribution in [-0.2, 0) is 14.3 Å². The number of carbonyl (C=O) groups excluding carboxylic acids is 2. The molecule has 0 aromatic heterocycles. The molecular formula is C42H72O3. The number of fused-ring (bicyclic) bond motifs is 7. The maximum Gasteiger partial charge on any atom is 0.312 e. The molecule has 5 saturated carbocycles. The molecule has 258 valence electrons. The summed E-state index contributed by atoms with van der Waals surface area (Å²) in [7, 11) is 0.